The Morgan fingerprint density at radius 3 is 2.65 bits per heavy atom. The third kappa shape index (κ3) is 3.58. The molecule has 1 aliphatic rings. The average molecular weight is 309 g/mol. The van der Waals surface area contributed by atoms with E-state index in [2.05, 4.69) is 25.8 Å². The SMILES string of the molecule is COc1ccc(CN2CCN(c3ncccc3C#N)CC2)cn1. The molecule has 0 amide bonds. The first-order chi connectivity index (χ1) is 11.3. The van der Waals surface area contributed by atoms with Crippen molar-refractivity contribution in [2.24, 2.45) is 0 Å². The number of piperazine rings is 1. The van der Waals surface area contributed by atoms with E-state index in [0.717, 1.165) is 38.5 Å². The molecule has 2 aromatic rings. The van der Waals surface area contributed by atoms with Crippen molar-refractivity contribution in [3.05, 3.63) is 47.8 Å². The van der Waals surface area contributed by atoms with E-state index in [1.807, 2.05) is 24.4 Å². The van der Waals surface area contributed by atoms with Crippen LogP contribution in [0.4, 0.5) is 5.82 Å². The van der Waals surface area contributed by atoms with Gasteiger partial charge in [-0.3, -0.25) is 4.90 Å². The quantitative estimate of drug-likeness (QED) is 0.856. The summed E-state index contributed by atoms with van der Waals surface area (Å²) in [5, 5.41) is 9.19. The number of hydrogen-bond acceptors (Lipinski definition) is 6. The predicted octanol–water partition coefficient (Wildman–Crippen LogP) is 1.68. The Balaban J connectivity index is 1.59. The Hall–Kier alpha value is -2.65. The van der Waals surface area contributed by atoms with Crippen molar-refractivity contribution in [1.82, 2.24) is 14.9 Å². The summed E-state index contributed by atoms with van der Waals surface area (Å²) in [4.78, 5) is 13.2. The van der Waals surface area contributed by atoms with Gasteiger partial charge < -0.3 is 9.64 Å². The van der Waals surface area contributed by atoms with Gasteiger partial charge in [0.15, 0.2) is 0 Å². The molecule has 1 aliphatic heterocycles. The molecule has 0 radical (unpaired) electrons. The fourth-order valence-corrected chi connectivity index (χ4v) is 2.74. The van der Waals surface area contributed by atoms with Crippen molar-refractivity contribution >= 4 is 5.82 Å². The lowest BCUT2D eigenvalue weighted by atomic mass is 10.2. The number of nitriles is 1. The van der Waals surface area contributed by atoms with Crippen LogP contribution < -0.4 is 9.64 Å². The van der Waals surface area contributed by atoms with E-state index in [0.29, 0.717) is 11.4 Å². The molecule has 0 unspecified atom stereocenters. The van der Waals surface area contributed by atoms with E-state index in [9.17, 15) is 5.26 Å². The van der Waals surface area contributed by atoms with Gasteiger partial charge in [-0.05, 0) is 17.7 Å². The molecule has 0 bridgehead atoms. The van der Waals surface area contributed by atoms with Crippen LogP contribution in [0.3, 0.4) is 0 Å². The monoisotopic (exact) mass is 309 g/mol. The Bertz CT molecular complexity index is 687. The predicted molar refractivity (Wildman–Crippen MR) is 87.2 cm³/mol. The highest BCUT2D eigenvalue weighted by molar-refractivity contribution is 5.53. The molecule has 1 fully saturated rings. The number of rotatable bonds is 4. The van der Waals surface area contributed by atoms with Crippen LogP contribution in [-0.2, 0) is 6.54 Å². The molecule has 0 atom stereocenters. The number of ether oxygens (including phenoxy) is 1. The molecule has 3 heterocycles. The third-order valence-corrected chi connectivity index (χ3v) is 3.99. The molecule has 2 aromatic heterocycles. The fourth-order valence-electron chi connectivity index (χ4n) is 2.74. The average Bonchev–Trinajstić information content (AvgIpc) is 2.63. The van der Waals surface area contributed by atoms with Crippen molar-refractivity contribution in [1.29, 1.82) is 5.26 Å². The first-order valence-corrected chi connectivity index (χ1v) is 7.61. The van der Waals surface area contributed by atoms with Crippen molar-refractivity contribution in [3.8, 4) is 11.9 Å². The Kier molecular flexibility index (Phi) is 4.69. The molecule has 6 heteroatoms. The van der Waals surface area contributed by atoms with Gasteiger partial charge >= 0.3 is 0 Å². The summed E-state index contributed by atoms with van der Waals surface area (Å²) in [6.45, 7) is 4.49. The van der Waals surface area contributed by atoms with Crippen molar-refractivity contribution in [3.63, 3.8) is 0 Å². The second kappa shape index (κ2) is 7.07. The molecule has 0 aromatic carbocycles. The molecule has 3 rings (SSSR count). The van der Waals surface area contributed by atoms with Gasteiger partial charge in [0.1, 0.15) is 11.9 Å². The van der Waals surface area contributed by atoms with Crippen LogP contribution in [0.1, 0.15) is 11.1 Å². The smallest absolute Gasteiger partial charge is 0.212 e. The van der Waals surface area contributed by atoms with Gasteiger partial charge in [-0.1, -0.05) is 6.07 Å². The topological polar surface area (TPSA) is 65.3 Å². The summed E-state index contributed by atoms with van der Waals surface area (Å²) in [5.74, 6) is 1.43. The first kappa shape index (κ1) is 15.3. The highest BCUT2D eigenvalue weighted by atomic mass is 16.5. The number of hydrogen-bond donors (Lipinski definition) is 0. The standard InChI is InChI=1S/C17H19N5O/c1-23-16-5-4-14(12-20-16)13-21-7-9-22(10-8-21)17-15(11-18)3-2-6-19-17/h2-6,12H,7-10,13H2,1H3. The molecular weight excluding hydrogens is 290 g/mol. The zero-order valence-electron chi connectivity index (χ0n) is 13.1. The van der Waals surface area contributed by atoms with Crippen LogP contribution in [-0.4, -0.2) is 48.2 Å². The van der Waals surface area contributed by atoms with Crippen LogP contribution in [0.15, 0.2) is 36.7 Å². The van der Waals surface area contributed by atoms with E-state index < -0.39 is 0 Å². The van der Waals surface area contributed by atoms with Crippen molar-refractivity contribution in [2.45, 2.75) is 6.54 Å². The minimum atomic E-state index is 0.637. The van der Waals surface area contributed by atoms with Gasteiger partial charge in [0.25, 0.3) is 0 Å². The number of nitrogens with zero attached hydrogens (tertiary/aromatic N) is 5. The number of aromatic nitrogens is 2. The lowest BCUT2D eigenvalue weighted by Crippen LogP contribution is -2.46. The molecule has 118 valence electrons. The highest BCUT2D eigenvalue weighted by Gasteiger charge is 2.20. The molecule has 0 spiro atoms. The zero-order chi connectivity index (χ0) is 16.1. The van der Waals surface area contributed by atoms with Gasteiger partial charge in [-0.2, -0.15) is 5.26 Å². The molecule has 1 saturated heterocycles. The second-order valence-electron chi connectivity index (χ2n) is 5.46. The van der Waals surface area contributed by atoms with Crippen LogP contribution >= 0.6 is 0 Å². The van der Waals surface area contributed by atoms with Gasteiger partial charge in [-0.25, -0.2) is 9.97 Å². The van der Waals surface area contributed by atoms with Crippen LogP contribution in [0.5, 0.6) is 5.88 Å². The number of pyridine rings is 2. The zero-order valence-corrected chi connectivity index (χ0v) is 13.1. The molecular formula is C17H19N5O. The van der Waals surface area contributed by atoms with Crippen molar-refractivity contribution in [2.75, 3.05) is 38.2 Å². The minimum Gasteiger partial charge on any atom is -0.481 e. The summed E-state index contributed by atoms with van der Waals surface area (Å²) >= 11 is 0. The van der Waals surface area contributed by atoms with Gasteiger partial charge in [0.05, 0.1) is 12.7 Å². The number of methoxy groups -OCH3 is 1. The second-order valence-corrected chi connectivity index (χ2v) is 5.46. The van der Waals surface area contributed by atoms with Crippen LogP contribution in [0, 0.1) is 11.3 Å². The molecule has 0 N–H and O–H groups in total. The lowest BCUT2D eigenvalue weighted by molar-refractivity contribution is 0.249. The van der Waals surface area contributed by atoms with Gasteiger partial charge in [0, 0.05) is 51.2 Å². The summed E-state index contributed by atoms with van der Waals surface area (Å²) in [7, 11) is 1.62. The summed E-state index contributed by atoms with van der Waals surface area (Å²) in [6, 6.07) is 9.77. The molecule has 0 aliphatic carbocycles. The van der Waals surface area contributed by atoms with E-state index >= 15 is 0 Å². The minimum absolute atomic E-state index is 0.637. The maximum Gasteiger partial charge on any atom is 0.212 e. The third-order valence-electron chi connectivity index (χ3n) is 3.99. The van der Waals surface area contributed by atoms with E-state index in [4.69, 9.17) is 4.74 Å². The fraction of sp³-hybridized carbons (Fsp3) is 0.353. The Labute approximate surface area is 136 Å². The largest absolute Gasteiger partial charge is 0.481 e. The Morgan fingerprint density at radius 2 is 2.00 bits per heavy atom. The summed E-state index contributed by atoms with van der Waals surface area (Å²) in [5.41, 5.74) is 1.81. The number of anilines is 1. The maximum absolute atomic E-state index is 9.19. The summed E-state index contributed by atoms with van der Waals surface area (Å²) in [6.07, 6.45) is 3.60. The molecule has 6 nitrogen and oxygen atoms in total. The van der Waals surface area contributed by atoms with E-state index in [-0.39, 0.29) is 0 Å². The maximum atomic E-state index is 9.19. The first-order valence-electron chi connectivity index (χ1n) is 7.61. The van der Waals surface area contributed by atoms with Gasteiger partial charge in [0.2, 0.25) is 5.88 Å². The molecule has 23 heavy (non-hydrogen) atoms. The van der Waals surface area contributed by atoms with E-state index in [1.165, 1.54) is 5.56 Å². The van der Waals surface area contributed by atoms with E-state index in [1.54, 1.807) is 19.4 Å². The molecule has 0 saturated carbocycles. The lowest BCUT2D eigenvalue weighted by Gasteiger charge is -2.35. The normalized spacial score (nSPS) is 15.2. The van der Waals surface area contributed by atoms with Crippen LogP contribution in [0.2, 0.25) is 0 Å². The van der Waals surface area contributed by atoms with Crippen molar-refractivity contribution < 1.29 is 4.74 Å². The van der Waals surface area contributed by atoms with Crippen LogP contribution in [0.25, 0.3) is 0 Å². The summed E-state index contributed by atoms with van der Waals surface area (Å²) < 4.78 is 5.08. The van der Waals surface area contributed by atoms with Gasteiger partial charge in [-0.15, -0.1) is 0 Å². The Morgan fingerprint density at radius 1 is 1.17 bits per heavy atom. The highest BCUT2D eigenvalue weighted by Crippen LogP contribution is 2.19.